The normalized spacial score (nSPS) is 17.3. The summed E-state index contributed by atoms with van der Waals surface area (Å²) in [6.07, 6.45) is 2.91. The second-order valence-electron chi connectivity index (χ2n) is 5.45. The van der Waals surface area contributed by atoms with Crippen LogP contribution in [0.15, 0.2) is 30.3 Å². The number of carbonyl (C=O) groups excluding carboxylic acids is 3. The summed E-state index contributed by atoms with van der Waals surface area (Å²) in [4.78, 5) is 37.6. The largest absolute Gasteiger partial charge is 0.497 e. The van der Waals surface area contributed by atoms with Crippen molar-refractivity contribution in [3.05, 3.63) is 35.9 Å². The Bertz CT molecular complexity index is 654. The first-order chi connectivity index (χ1) is 12.0. The van der Waals surface area contributed by atoms with E-state index in [-0.39, 0.29) is 24.8 Å². The first-order valence-electron chi connectivity index (χ1n) is 8.11. The molecule has 0 spiro atoms. The van der Waals surface area contributed by atoms with Crippen molar-refractivity contribution in [2.75, 3.05) is 26.8 Å². The first kappa shape index (κ1) is 18.5. The van der Waals surface area contributed by atoms with Crippen molar-refractivity contribution in [2.45, 2.75) is 19.4 Å². The molecule has 0 radical (unpaired) electrons. The fourth-order valence-corrected chi connectivity index (χ4v) is 2.54. The lowest BCUT2D eigenvalue weighted by Gasteiger charge is -2.33. The van der Waals surface area contributed by atoms with E-state index in [2.05, 4.69) is 5.32 Å². The van der Waals surface area contributed by atoms with Gasteiger partial charge in [0.15, 0.2) is 0 Å². The van der Waals surface area contributed by atoms with Crippen LogP contribution < -0.4 is 10.1 Å². The van der Waals surface area contributed by atoms with Gasteiger partial charge in [-0.1, -0.05) is 12.1 Å². The van der Waals surface area contributed by atoms with Crippen LogP contribution in [-0.4, -0.2) is 55.5 Å². The van der Waals surface area contributed by atoms with Crippen LogP contribution in [0, 0.1) is 0 Å². The Morgan fingerprint density at radius 2 is 2.04 bits per heavy atom. The zero-order valence-corrected chi connectivity index (χ0v) is 14.4. The van der Waals surface area contributed by atoms with Crippen LogP contribution in [-0.2, 0) is 19.1 Å². The third kappa shape index (κ3) is 5.07. The van der Waals surface area contributed by atoms with Gasteiger partial charge in [0, 0.05) is 19.2 Å². The molecule has 0 aromatic heterocycles. The maximum Gasteiger partial charge on any atom is 0.308 e. The smallest absolute Gasteiger partial charge is 0.308 e. The van der Waals surface area contributed by atoms with Crippen molar-refractivity contribution < 1.29 is 23.9 Å². The third-order valence-corrected chi connectivity index (χ3v) is 3.81. The molecule has 1 aliphatic rings. The summed E-state index contributed by atoms with van der Waals surface area (Å²) >= 11 is 0. The van der Waals surface area contributed by atoms with Crippen molar-refractivity contribution in [2.24, 2.45) is 0 Å². The van der Waals surface area contributed by atoms with Crippen LogP contribution in [0.1, 0.15) is 18.9 Å². The van der Waals surface area contributed by atoms with Crippen LogP contribution in [0.2, 0.25) is 0 Å². The highest BCUT2D eigenvalue weighted by molar-refractivity contribution is 5.97. The van der Waals surface area contributed by atoms with E-state index in [1.807, 2.05) is 12.1 Å². The molecule has 7 nitrogen and oxygen atoms in total. The van der Waals surface area contributed by atoms with Crippen molar-refractivity contribution in [3.63, 3.8) is 0 Å². The maximum absolute atomic E-state index is 12.5. The SMILES string of the molecule is CCOC(=O)CC1C(=O)NCCN1C(=O)C=Cc1ccc(OC)cc1. The van der Waals surface area contributed by atoms with Gasteiger partial charge in [-0.25, -0.2) is 0 Å². The van der Waals surface area contributed by atoms with Gasteiger partial charge in [0.25, 0.3) is 0 Å². The summed E-state index contributed by atoms with van der Waals surface area (Å²) in [6, 6.07) is 6.38. The molecular formula is C18H22N2O5. The van der Waals surface area contributed by atoms with E-state index in [0.29, 0.717) is 13.1 Å². The molecule has 25 heavy (non-hydrogen) atoms. The van der Waals surface area contributed by atoms with E-state index in [9.17, 15) is 14.4 Å². The Morgan fingerprint density at radius 3 is 2.68 bits per heavy atom. The molecule has 0 bridgehead atoms. The lowest BCUT2D eigenvalue weighted by Crippen LogP contribution is -2.57. The highest BCUT2D eigenvalue weighted by Gasteiger charge is 2.34. The minimum Gasteiger partial charge on any atom is -0.497 e. The summed E-state index contributed by atoms with van der Waals surface area (Å²) in [5.74, 6) is -0.433. The lowest BCUT2D eigenvalue weighted by molar-refractivity contribution is -0.150. The number of hydrogen-bond donors (Lipinski definition) is 1. The van der Waals surface area contributed by atoms with Gasteiger partial charge in [0.05, 0.1) is 20.1 Å². The van der Waals surface area contributed by atoms with Gasteiger partial charge >= 0.3 is 5.97 Å². The van der Waals surface area contributed by atoms with Crippen molar-refractivity contribution in [1.29, 1.82) is 0 Å². The predicted molar refractivity (Wildman–Crippen MR) is 91.8 cm³/mol. The molecule has 2 amide bonds. The Balaban J connectivity index is 2.06. The summed E-state index contributed by atoms with van der Waals surface area (Å²) in [6.45, 7) is 2.64. The summed E-state index contributed by atoms with van der Waals surface area (Å²) in [5.41, 5.74) is 0.831. The zero-order valence-electron chi connectivity index (χ0n) is 14.4. The van der Waals surface area contributed by atoms with Crippen molar-refractivity contribution in [1.82, 2.24) is 10.2 Å². The molecule has 1 unspecified atom stereocenters. The van der Waals surface area contributed by atoms with Gasteiger partial charge in [-0.3, -0.25) is 14.4 Å². The van der Waals surface area contributed by atoms with E-state index < -0.39 is 12.0 Å². The number of benzene rings is 1. The lowest BCUT2D eigenvalue weighted by atomic mass is 10.1. The number of rotatable bonds is 6. The average molecular weight is 346 g/mol. The van der Waals surface area contributed by atoms with E-state index in [4.69, 9.17) is 9.47 Å². The fraction of sp³-hybridized carbons (Fsp3) is 0.389. The van der Waals surface area contributed by atoms with Gasteiger partial charge in [0.1, 0.15) is 11.8 Å². The second kappa shape index (κ2) is 8.86. The molecule has 1 saturated heterocycles. The van der Waals surface area contributed by atoms with Gasteiger partial charge in [0.2, 0.25) is 11.8 Å². The van der Waals surface area contributed by atoms with Crippen LogP contribution in [0.4, 0.5) is 0 Å². The van der Waals surface area contributed by atoms with Gasteiger partial charge in [-0.05, 0) is 30.7 Å². The third-order valence-electron chi connectivity index (χ3n) is 3.81. The quantitative estimate of drug-likeness (QED) is 0.613. The Morgan fingerprint density at radius 1 is 1.32 bits per heavy atom. The average Bonchev–Trinajstić information content (AvgIpc) is 2.62. The molecule has 2 rings (SSSR count). The molecule has 1 fully saturated rings. The van der Waals surface area contributed by atoms with E-state index in [1.54, 1.807) is 32.2 Å². The number of hydrogen-bond acceptors (Lipinski definition) is 5. The summed E-state index contributed by atoms with van der Waals surface area (Å²) < 4.78 is 9.97. The number of carbonyl (C=O) groups is 3. The Labute approximate surface area is 146 Å². The molecular weight excluding hydrogens is 324 g/mol. The summed E-state index contributed by atoms with van der Waals surface area (Å²) in [7, 11) is 1.58. The molecule has 1 aromatic rings. The monoisotopic (exact) mass is 346 g/mol. The number of piperazine rings is 1. The topological polar surface area (TPSA) is 84.9 Å². The minimum absolute atomic E-state index is 0.151. The van der Waals surface area contributed by atoms with Gasteiger partial charge in [-0.2, -0.15) is 0 Å². The van der Waals surface area contributed by atoms with E-state index in [0.717, 1.165) is 11.3 Å². The highest BCUT2D eigenvalue weighted by atomic mass is 16.5. The Kier molecular flexibility index (Phi) is 6.56. The van der Waals surface area contributed by atoms with E-state index >= 15 is 0 Å². The molecule has 0 aliphatic carbocycles. The molecule has 1 heterocycles. The molecule has 1 aromatic carbocycles. The number of esters is 1. The van der Waals surface area contributed by atoms with Gasteiger partial charge in [-0.15, -0.1) is 0 Å². The van der Waals surface area contributed by atoms with Crippen molar-refractivity contribution >= 4 is 23.9 Å². The Hall–Kier alpha value is -2.83. The number of methoxy groups -OCH3 is 1. The number of nitrogens with zero attached hydrogens (tertiary/aromatic N) is 1. The van der Waals surface area contributed by atoms with Crippen LogP contribution >= 0.6 is 0 Å². The number of ether oxygens (including phenoxy) is 2. The fourth-order valence-electron chi connectivity index (χ4n) is 2.54. The van der Waals surface area contributed by atoms with Crippen LogP contribution in [0.5, 0.6) is 5.75 Å². The zero-order chi connectivity index (χ0) is 18.2. The van der Waals surface area contributed by atoms with Crippen molar-refractivity contribution in [3.8, 4) is 5.75 Å². The standard InChI is InChI=1S/C18H22N2O5/c1-3-25-17(22)12-15-18(23)19-10-11-20(15)16(21)9-6-13-4-7-14(24-2)8-5-13/h4-9,15H,3,10-12H2,1-2H3,(H,19,23). The van der Waals surface area contributed by atoms with Crippen LogP contribution in [0.3, 0.4) is 0 Å². The molecule has 1 N–H and O–H groups in total. The maximum atomic E-state index is 12.5. The van der Waals surface area contributed by atoms with Gasteiger partial charge < -0.3 is 19.7 Å². The molecule has 1 aliphatic heterocycles. The molecule has 1 atom stereocenters. The second-order valence-corrected chi connectivity index (χ2v) is 5.45. The van der Waals surface area contributed by atoms with E-state index in [1.165, 1.54) is 11.0 Å². The number of amides is 2. The molecule has 134 valence electrons. The summed E-state index contributed by atoms with van der Waals surface area (Å²) in [5, 5.41) is 2.67. The highest BCUT2D eigenvalue weighted by Crippen LogP contribution is 2.14. The molecule has 7 heteroatoms. The predicted octanol–water partition coefficient (Wildman–Crippen LogP) is 0.989. The first-order valence-corrected chi connectivity index (χ1v) is 8.11. The molecule has 0 saturated carbocycles. The van der Waals surface area contributed by atoms with Crippen LogP contribution in [0.25, 0.3) is 6.08 Å². The minimum atomic E-state index is -0.846. The number of nitrogens with one attached hydrogen (secondary N) is 1.